The van der Waals surface area contributed by atoms with Crippen molar-refractivity contribution in [3.05, 3.63) is 288 Å². The van der Waals surface area contributed by atoms with E-state index in [9.17, 15) is 0 Å². The molecule has 0 fully saturated rings. The Bertz CT molecular complexity index is 3490. The van der Waals surface area contributed by atoms with Gasteiger partial charge in [0.1, 0.15) is 0 Å². The quantitative estimate of drug-likeness (QED) is 0.136. The van der Waals surface area contributed by atoms with Crippen LogP contribution in [0.5, 0.6) is 0 Å². The Kier molecular flexibility index (Phi) is 10.3. The fraction of sp³-hybridized carbons (Fsp3) is 0.0308. The zero-order chi connectivity index (χ0) is 45.4. The fourth-order valence-electron chi connectivity index (χ4n) is 10.4. The van der Waals surface area contributed by atoms with Gasteiger partial charge < -0.3 is 0 Å². The average molecular weight is 868 g/mol. The zero-order valence-electron chi connectivity index (χ0n) is 37.6. The Hall–Kier alpha value is -8.79. The molecule has 2 aliphatic rings. The number of nitrogens with zero attached hydrogens (tertiary/aromatic N) is 3. The molecule has 0 N–H and O–H groups in total. The summed E-state index contributed by atoms with van der Waals surface area (Å²) in [6.45, 7) is 2.06. The molecule has 0 saturated heterocycles. The normalized spacial score (nSPS) is 13.3. The minimum absolute atomic E-state index is 0.505. The number of rotatable bonds is 9. The third kappa shape index (κ3) is 7.04. The molecule has 12 rings (SSSR count). The summed E-state index contributed by atoms with van der Waals surface area (Å²) in [4.78, 5) is 16.3. The first-order valence-corrected chi connectivity index (χ1v) is 23.3. The van der Waals surface area contributed by atoms with Crippen LogP contribution in [0.2, 0.25) is 0 Å². The summed E-state index contributed by atoms with van der Waals surface area (Å²) in [5.74, 6) is 1.80. The van der Waals surface area contributed by atoms with Gasteiger partial charge in [-0.05, 0) is 121 Å². The van der Waals surface area contributed by atoms with Crippen LogP contribution in [-0.2, 0) is 5.41 Å². The van der Waals surface area contributed by atoms with E-state index >= 15 is 0 Å². The van der Waals surface area contributed by atoms with Crippen LogP contribution < -0.4 is 0 Å². The Balaban J connectivity index is 1.09. The fourth-order valence-corrected chi connectivity index (χ4v) is 10.4. The van der Waals surface area contributed by atoms with Crippen molar-refractivity contribution in [2.45, 2.75) is 12.3 Å². The molecule has 320 valence electrons. The minimum Gasteiger partial charge on any atom is -0.208 e. The van der Waals surface area contributed by atoms with Crippen molar-refractivity contribution >= 4 is 17.2 Å². The van der Waals surface area contributed by atoms with E-state index in [1.54, 1.807) is 0 Å². The van der Waals surface area contributed by atoms with Crippen molar-refractivity contribution in [3.8, 4) is 67.3 Å². The molecule has 0 unspecified atom stereocenters. The summed E-state index contributed by atoms with van der Waals surface area (Å²) >= 11 is 0. The maximum Gasteiger partial charge on any atom is 0.164 e. The second-order valence-corrected chi connectivity index (χ2v) is 17.4. The number of fused-ring (bicyclic) bond motifs is 10. The van der Waals surface area contributed by atoms with E-state index in [2.05, 4.69) is 256 Å². The van der Waals surface area contributed by atoms with Crippen molar-refractivity contribution in [1.82, 2.24) is 15.0 Å². The molecule has 68 heavy (non-hydrogen) atoms. The van der Waals surface area contributed by atoms with Gasteiger partial charge in [0.25, 0.3) is 0 Å². The van der Waals surface area contributed by atoms with Crippen LogP contribution >= 0.6 is 0 Å². The molecule has 10 aromatic rings. The van der Waals surface area contributed by atoms with Gasteiger partial charge in [-0.25, -0.2) is 15.0 Å². The first kappa shape index (κ1) is 40.7. The van der Waals surface area contributed by atoms with E-state index < -0.39 is 5.41 Å². The van der Waals surface area contributed by atoms with E-state index in [1.807, 2.05) is 6.07 Å². The zero-order valence-corrected chi connectivity index (χ0v) is 37.6. The lowest BCUT2D eigenvalue weighted by atomic mass is 9.70. The van der Waals surface area contributed by atoms with Gasteiger partial charge in [0.2, 0.25) is 0 Å². The van der Waals surface area contributed by atoms with Gasteiger partial charge in [0.15, 0.2) is 17.5 Å². The number of aromatic nitrogens is 3. The SMILES string of the molecule is C\C=C(/C=C(\C=C\c1ccccc1)c1ccccc1)c1nc(-c2cc(-c3ccccc3)cc(-c3ccccc3)c2)nc(-c2ccc3c(c2)C2(c4ccccc4-c4ccccc42)c2ccccc2-3)n1. The molecule has 0 aliphatic heterocycles. The summed E-state index contributed by atoms with van der Waals surface area (Å²) in [5.41, 5.74) is 20.0. The van der Waals surface area contributed by atoms with Gasteiger partial charge in [-0.2, -0.15) is 0 Å². The van der Waals surface area contributed by atoms with E-state index in [1.165, 1.54) is 44.5 Å². The number of allylic oxidation sites excluding steroid dienone is 5. The lowest BCUT2D eigenvalue weighted by molar-refractivity contribution is 0.794. The molecular formula is C65H45N3. The van der Waals surface area contributed by atoms with Crippen LogP contribution in [0.1, 0.15) is 46.1 Å². The largest absolute Gasteiger partial charge is 0.208 e. The number of hydrogen-bond acceptors (Lipinski definition) is 3. The summed E-state index contributed by atoms with van der Waals surface area (Å²) in [5, 5.41) is 0. The molecule has 2 aliphatic carbocycles. The van der Waals surface area contributed by atoms with Crippen LogP contribution in [-0.4, -0.2) is 15.0 Å². The summed E-state index contributed by atoms with van der Waals surface area (Å²) in [6.07, 6.45) is 8.66. The molecular weight excluding hydrogens is 823 g/mol. The topological polar surface area (TPSA) is 38.7 Å². The Morgan fingerprint density at radius 3 is 1.37 bits per heavy atom. The molecule has 9 aromatic carbocycles. The Morgan fingerprint density at radius 2 is 0.824 bits per heavy atom. The predicted octanol–water partition coefficient (Wildman–Crippen LogP) is 16.1. The van der Waals surface area contributed by atoms with Crippen molar-refractivity contribution in [1.29, 1.82) is 0 Å². The van der Waals surface area contributed by atoms with Crippen LogP contribution in [0.3, 0.4) is 0 Å². The van der Waals surface area contributed by atoms with Crippen LogP contribution in [0.15, 0.2) is 249 Å². The lowest BCUT2D eigenvalue weighted by Gasteiger charge is -2.30. The highest BCUT2D eigenvalue weighted by Crippen LogP contribution is 2.63. The predicted molar refractivity (Wildman–Crippen MR) is 281 cm³/mol. The van der Waals surface area contributed by atoms with Crippen molar-refractivity contribution in [2.75, 3.05) is 0 Å². The molecule has 3 nitrogen and oxygen atoms in total. The third-order valence-corrected chi connectivity index (χ3v) is 13.5. The molecule has 1 aromatic heterocycles. The van der Waals surface area contributed by atoms with Gasteiger partial charge in [-0.15, -0.1) is 0 Å². The number of benzene rings is 9. The van der Waals surface area contributed by atoms with E-state index in [-0.39, 0.29) is 0 Å². The maximum atomic E-state index is 5.47. The van der Waals surface area contributed by atoms with E-state index in [0.717, 1.165) is 55.7 Å². The van der Waals surface area contributed by atoms with E-state index in [4.69, 9.17) is 15.0 Å². The highest BCUT2D eigenvalue weighted by atomic mass is 15.0. The molecule has 0 atom stereocenters. The molecule has 0 saturated carbocycles. The Morgan fingerprint density at radius 1 is 0.368 bits per heavy atom. The van der Waals surface area contributed by atoms with Crippen LogP contribution in [0.4, 0.5) is 0 Å². The molecule has 0 amide bonds. The molecule has 1 spiro atoms. The summed E-state index contributed by atoms with van der Waals surface area (Å²) in [6, 6.07) is 82.4. The lowest BCUT2D eigenvalue weighted by Crippen LogP contribution is -2.25. The monoisotopic (exact) mass is 867 g/mol. The minimum atomic E-state index is -0.505. The standard InChI is InChI=1S/C65H45N3/c1-2-45(39-49(46-23-9-4-10-24-46)36-35-44-21-7-3-8-22-44)62-66-63(68-64(67-62)53-41-51(47-25-11-5-12-26-47)40-52(42-53)48-27-13-6-14-28-48)50-37-38-57-56-31-17-20-34-60(56)65(61(57)43-50)58-32-18-15-29-54(58)55-30-16-19-33-59(55)65/h2-43H,1H3/b36-35+,45-2+,49-39+. The van der Waals surface area contributed by atoms with Crippen LogP contribution in [0.25, 0.3) is 84.5 Å². The molecule has 1 heterocycles. The molecule has 0 radical (unpaired) electrons. The summed E-state index contributed by atoms with van der Waals surface area (Å²) < 4.78 is 0. The first-order chi connectivity index (χ1) is 33.7. The van der Waals surface area contributed by atoms with E-state index in [0.29, 0.717) is 17.5 Å². The van der Waals surface area contributed by atoms with Gasteiger partial charge >= 0.3 is 0 Å². The van der Waals surface area contributed by atoms with Crippen molar-refractivity contribution in [2.24, 2.45) is 0 Å². The average Bonchev–Trinajstić information content (AvgIpc) is 3.89. The molecule has 3 heteroatoms. The third-order valence-electron chi connectivity index (χ3n) is 13.5. The first-order valence-electron chi connectivity index (χ1n) is 23.3. The van der Waals surface area contributed by atoms with Gasteiger partial charge in [-0.3, -0.25) is 0 Å². The van der Waals surface area contributed by atoms with Gasteiger partial charge in [0, 0.05) is 16.7 Å². The number of hydrogen-bond donors (Lipinski definition) is 0. The smallest absolute Gasteiger partial charge is 0.164 e. The van der Waals surface area contributed by atoms with Gasteiger partial charge in [-0.1, -0.05) is 224 Å². The maximum absolute atomic E-state index is 5.47. The highest BCUT2D eigenvalue weighted by molar-refractivity contribution is 5.96. The summed E-state index contributed by atoms with van der Waals surface area (Å²) in [7, 11) is 0. The highest BCUT2D eigenvalue weighted by Gasteiger charge is 2.51. The second kappa shape index (κ2) is 17.2. The van der Waals surface area contributed by atoms with Crippen molar-refractivity contribution in [3.63, 3.8) is 0 Å². The second-order valence-electron chi connectivity index (χ2n) is 17.4. The van der Waals surface area contributed by atoms with Gasteiger partial charge in [0.05, 0.1) is 5.41 Å². The van der Waals surface area contributed by atoms with Crippen LogP contribution in [0, 0.1) is 0 Å². The Labute approximate surface area is 397 Å². The van der Waals surface area contributed by atoms with Crippen molar-refractivity contribution < 1.29 is 0 Å². The molecule has 0 bridgehead atoms.